The van der Waals surface area contributed by atoms with Gasteiger partial charge in [-0.1, -0.05) is 6.07 Å². The number of rotatable bonds is 7. The second-order valence-electron chi connectivity index (χ2n) is 8.39. The summed E-state index contributed by atoms with van der Waals surface area (Å²) in [5.74, 6) is -0.576. The molecule has 0 aliphatic carbocycles. The summed E-state index contributed by atoms with van der Waals surface area (Å²) >= 11 is 0. The molecule has 0 radical (unpaired) electrons. The van der Waals surface area contributed by atoms with Gasteiger partial charge in [-0.2, -0.15) is 0 Å². The maximum Gasteiger partial charge on any atom is 0.251 e. The Morgan fingerprint density at radius 3 is 2.13 bits per heavy atom. The van der Waals surface area contributed by atoms with Crippen LogP contribution in [0.4, 0.5) is 11.4 Å². The molecule has 0 atom stereocenters. The molecule has 3 amide bonds. The van der Waals surface area contributed by atoms with Gasteiger partial charge in [0.05, 0.1) is 6.54 Å². The molecular weight excluding hydrogens is 380 g/mol. The van der Waals surface area contributed by atoms with Gasteiger partial charge in [0, 0.05) is 34.1 Å². The Kier molecular flexibility index (Phi) is 7.58. The van der Waals surface area contributed by atoms with Gasteiger partial charge in [0.25, 0.3) is 11.8 Å². The molecule has 2 rings (SSSR count). The highest BCUT2D eigenvalue weighted by Gasteiger charge is 2.15. The van der Waals surface area contributed by atoms with Crippen molar-refractivity contribution in [1.29, 1.82) is 0 Å². The predicted molar refractivity (Wildman–Crippen MR) is 120 cm³/mol. The van der Waals surface area contributed by atoms with Crippen LogP contribution in [0.2, 0.25) is 0 Å². The number of amides is 3. The minimum Gasteiger partial charge on any atom is -0.376 e. The predicted octanol–water partition coefficient (Wildman–Crippen LogP) is 3.40. The highest BCUT2D eigenvalue weighted by molar-refractivity contribution is 5.98. The Balaban J connectivity index is 1.90. The molecule has 0 heterocycles. The third kappa shape index (κ3) is 7.58. The Hall–Kier alpha value is -3.35. The van der Waals surface area contributed by atoms with Gasteiger partial charge >= 0.3 is 0 Å². The molecule has 2 aromatic rings. The first-order chi connectivity index (χ1) is 14.0. The first-order valence-electron chi connectivity index (χ1n) is 9.91. The second kappa shape index (κ2) is 9.91. The van der Waals surface area contributed by atoms with Gasteiger partial charge in [-0.25, -0.2) is 0 Å². The van der Waals surface area contributed by atoms with Crippen molar-refractivity contribution in [3.63, 3.8) is 0 Å². The molecule has 7 heteroatoms. The Bertz CT molecular complexity index is 899. The van der Waals surface area contributed by atoms with E-state index in [9.17, 15) is 14.4 Å². The van der Waals surface area contributed by atoms with Crippen molar-refractivity contribution in [2.75, 3.05) is 17.2 Å². The molecule has 7 nitrogen and oxygen atoms in total. The van der Waals surface area contributed by atoms with Crippen LogP contribution in [-0.2, 0) is 4.79 Å². The van der Waals surface area contributed by atoms with Gasteiger partial charge in [-0.3, -0.25) is 14.4 Å². The molecule has 0 fully saturated rings. The minimum absolute atomic E-state index is 0.0515. The van der Waals surface area contributed by atoms with Gasteiger partial charge in [-0.15, -0.1) is 0 Å². The number of carbonyl (C=O) groups excluding carboxylic acids is 3. The topological polar surface area (TPSA) is 99.3 Å². The lowest BCUT2D eigenvalue weighted by atomic mass is 10.1. The summed E-state index contributed by atoms with van der Waals surface area (Å²) in [5, 5.41) is 11.5. The van der Waals surface area contributed by atoms with E-state index in [4.69, 9.17) is 0 Å². The third-order valence-electron chi connectivity index (χ3n) is 3.92. The van der Waals surface area contributed by atoms with Crippen LogP contribution in [0, 0.1) is 0 Å². The highest BCUT2D eigenvalue weighted by Crippen LogP contribution is 2.13. The molecule has 30 heavy (non-hydrogen) atoms. The van der Waals surface area contributed by atoms with Crippen molar-refractivity contribution in [2.45, 2.75) is 46.2 Å². The van der Waals surface area contributed by atoms with E-state index in [1.54, 1.807) is 48.5 Å². The molecule has 0 aliphatic heterocycles. The van der Waals surface area contributed by atoms with E-state index in [-0.39, 0.29) is 35.8 Å². The average molecular weight is 411 g/mol. The van der Waals surface area contributed by atoms with E-state index in [0.717, 1.165) is 5.69 Å². The van der Waals surface area contributed by atoms with Crippen molar-refractivity contribution in [3.8, 4) is 0 Å². The van der Waals surface area contributed by atoms with E-state index >= 15 is 0 Å². The lowest BCUT2D eigenvalue weighted by Gasteiger charge is -2.20. The standard InChI is InChI=1S/C23H30N4O3/c1-15(2)25-21(29)16-9-11-18(12-10-16)24-14-20(28)26-19-8-6-7-17(13-19)22(30)27-23(3,4)5/h6-13,15,24H,14H2,1-5H3,(H,25,29)(H,26,28)(H,27,30). The van der Waals surface area contributed by atoms with E-state index in [1.165, 1.54) is 0 Å². The van der Waals surface area contributed by atoms with Gasteiger partial charge < -0.3 is 21.3 Å². The Morgan fingerprint density at radius 2 is 1.53 bits per heavy atom. The molecular formula is C23H30N4O3. The van der Waals surface area contributed by atoms with Gasteiger partial charge in [-0.05, 0) is 77.1 Å². The number of hydrogen-bond donors (Lipinski definition) is 4. The van der Waals surface area contributed by atoms with E-state index in [2.05, 4.69) is 21.3 Å². The lowest BCUT2D eigenvalue weighted by Crippen LogP contribution is -2.40. The smallest absolute Gasteiger partial charge is 0.251 e. The normalized spacial score (nSPS) is 11.0. The molecule has 0 saturated heterocycles. The second-order valence-corrected chi connectivity index (χ2v) is 8.39. The minimum atomic E-state index is -0.342. The van der Waals surface area contributed by atoms with Crippen molar-refractivity contribution in [2.24, 2.45) is 0 Å². The van der Waals surface area contributed by atoms with E-state index in [1.807, 2.05) is 34.6 Å². The Morgan fingerprint density at radius 1 is 0.867 bits per heavy atom. The first kappa shape index (κ1) is 22.9. The monoisotopic (exact) mass is 410 g/mol. The first-order valence-corrected chi connectivity index (χ1v) is 9.91. The summed E-state index contributed by atoms with van der Waals surface area (Å²) in [6, 6.07) is 13.8. The van der Waals surface area contributed by atoms with Crippen molar-refractivity contribution in [1.82, 2.24) is 10.6 Å². The van der Waals surface area contributed by atoms with Crippen LogP contribution in [-0.4, -0.2) is 35.8 Å². The van der Waals surface area contributed by atoms with E-state index < -0.39 is 0 Å². The maximum atomic E-state index is 12.3. The summed E-state index contributed by atoms with van der Waals surface area (Å²) in [6.07, 6.45) is 0. The number of benzene rings is 2. The summed E-state index contributed by atoms with van der Waals surface area (Å²) in [4.78, 5) is 36.5. The van der Waals surface area contributed by atoms with Crippen LogP contribution < -0.4 is 21.3 Å². The Labute approximate surface area is 177 Å². The summed E-state index contributed by atoms with van der Waals surface area (Å²) in [6.45, 7) is 9.58. The van der Waals surface area contributed by atoms with Crippen LogP contribution in [0.15, 0.2) is 48.5 Å². The van der Waals surface area contributed by atoms with E-state index in [0.29, 0.717) is 16.8 Å². The molecule has 4 N–H and O–H groups in total. The van der Waals surface area contributed by atoms with Gasteiger partial charge in [0.15, 0.2) is 0 Å². The van der Waals surface area contributed by atoms with Crippen LogP contribution >= 0.6 is 0 Å². The van der Waals surface area contributed by atoms with Crippen molar-refractivity contribution >= 4 is 29.1 Å². The number of hydrogen-bond acceptors (Lipinski definition) is 4. The quantitative estimate of drug-likeness (QED) is 0.562. The zero-order valence-corrected chi connectivity index (χ0v) is 18.1. The largest absolute Gasteiger partial charge is 0.376 e. The average Bonchev–Trinajstić information content (AvgIpc) is 2.65. The fraction of sp³-hybridized carbons (Fsp3) is 0.348. The maximum absolute atomic E-state index is 12.3. The highest BCUT2D eigenvalue weighted by atomic mass is 16.2. The molecule has 0 aromatic heterocycles. The molecule has 160 valence electrons. The summed E-state index contributed by atoms with van der Waals surface area (Å²) in [7, 11) is 0. The van der Waals surface area contributed by atoms with Crippen LogP contribution in [0.3, 0.4) is 0 Å². The van der Waals surface area contributed by atoms with Crippen LogP contribution in [0.1, 0.15) is 55.3 Å². The van der Waals surface area contributed by atoms with Gasteiger partial charge in [0.1, 0.15) is 0 Å². The van der Waals surface area contributed by atoms with Crippen molar-refractivity contribution in [3.05, 3.63) is 59.7 Å². The summed E-state index contributed by atoms with van der Waals surface area (Å²) in [5.41, 5.74) is 1.97. The zero-order valence-electron chi connectivity index (χ0n) is 18.1. The fourth-order valence-electron chi connectivity index (χ4n) is 2.62. The number of anilines is 2. The third-order valence-corrected chi connectivity index (χ3v) is 3.92. The van der Waals surface area contributed by atoms with Crippen LogP contribution in [0.5, 0.6) is 0 Å². The van der Waals surface area contributed by atoms with Crippen molar-refractivity contribution < 1.29 is 14.4 Å². The number of nitrogens with one attached hydrogen (secondary N) is 4. The molecule has 0 unspecified atom stereocenters. The fourth-order valence-corrected chi connectivity index (χ4v) is 2.62. The number of carbonyl (C=O) groups is 3. The van der Waals surface area contributed by atoms with Crippen LogP contribution in [0.25, 0.3) is 0 Å². The molecule has 2 aromatic carbocycles. The molecule has 0 spiro atoms. The lowest BCUT2D eigenvalue weighted by molar-refractivity contribution is -0.114. The zero-order chi connectivity index (χ0) is 22.3. The SMILES string of the molecule is CC(C)NC(=O)c1ccc(NCC(=O)Nc2cccc(C(=O)NC(C)(C)C)c2)cc1. The summed E-state index contributed by atoms with van der Waals surface area (Å²) < 4.78 is 0. The molecule has 0 aliphatic rings. The van der Waals surface area contributed by atoms with Gasteiger partial charge in [0.2, 0.25) is 5.91 Å². The molecule has 0 saturated carbocycles. The molecule has 0 bridgehead atoms.